The van der Waals surface area contributed by atoms with E-state index in [4.69, 9.17) is 4.74 Å². The van der Waals surface area contributed by atoms with Crippen LogP contribution in [0.2, 0.25) is 0 Å². The third-order valence-corrected chi connectivity index (χ3v) is 3.11. The van der Waals surface area contributed by atoms with Gasteiger partial charge in [0.25, 0.3) is 5.56 Å². The van der Waals surface area contributed by atoms with E-state index in [1.807, 2.05) is 30.5 Å². The molecule has 1 heterocycles. The zero-order valence-electron chi connectivity index (χ0n) is 11.7. The molecule has 0 atom stereocenters. The van der Waals surface area contributed by atoms with Crippen LogP contribution in [0.25, 0.3) is 0 Å². The molecule has 0 aliphatic heterocycles. The Morgan fingerprint density at radius 1 is 1.15 bits per heavy atom. The number of pyridine rings is 1. The number of nitrogens with zero attached hydrogens (tertiary/aromatic N) is 1. The summed E-state index contributed by atoms with van der Waals surface area (Å²) in [5.74, 6) is 0. The molecule has 2 rings (SSSR count). The molecular formula is C16H20N2O2. The van der Waals surface area contributed by atoms with Crippen LogP contribution >= 0.6 is 0 Å². The molecule has 1 aromatic heterocycles. The molecule has 4 nitrogen and oxygen atoms in total. The van der Waals surface area contributed by atoms with Gasteiger partial charge in [0, 0.05) is 32.5 Å². The second-order valence-corrected chi connectivity index (χ2v) is 4.60. The minimum Gasteiger partial charge on any atom is -0.384 e. The highest BCUT2D eigenvalue weighted by molar-refractivity contribution is 5.40. The standard InChI is InChI=1S/C16H20N2O2/c1-20-12-11-18-13-15(7-8-16(18)19)17-10-9-14-5-3-2-4-6-14/h2-8,13,17H,9-12H2,1H3. The maximum Gasteiger partial charge on any atom is 0.250 e. The molecule has 0 saturated carbocycles. The van der Waals surface area contributed by atoms with Gasteiger partial charge in [0.05, 0.1) is 12.3 Å². The fourth-order valence-corrected chi connectivity index (χ4v) is 2.00. The summed E-state index contributed by atoms with van der Waals surface area (Å²) in [6, 6.07) is 13.7. The summed E-state index contributed by atoms with van der Waals surface area (Å²) < 4.78 is 6.66. The van der Waals surface area contributed by atoms with Crippen LogP contribution in [0.5, 0.6) is 0 Å². The first-order valence-electron chi connectivity index (χ1n) is 6.77. The fourth-order valence-electron chi connectivity index (χ4n) is 2.00. The first-order valence-corrected chi connectivity index (χ1v) is 6.77. The molecule has 20 heavy (non-hydrogen) atoms. The van der Waals surface area contributed by atoms with Crippen LogP contribution in [-0.2, 0) is 17.7 Å². The number of aromatic nitrogens is 1. The molecule has 0 amide bonds. The van der Waals surface area contributed by atoms with Gasteiger partial charge in [0.15, 0.2) is 0 Å². The largest absolute Gasteiger partial charge is 0.384 e. The molecule has 2 aromatic rings. The summed E-state index contributed by atoms with van der Waals surface area (Å²) in [7, 11) is 1.63. The Kier molecular flexibility index (Phi) is 5.38. The summed E-state index contributed by atoms with van der Waals surface area (Å²) in [4.78, 5) is 11.7. The Labute approximate surface area is 119 Å². The molecule has 0 unspecified atom stereocenters. The van der Waals surface area contributed by atoms with Gasteiger partial charge in [-0.05, 0) is 18.1 Å². The van der Waals surface area contributed by atoms with Gasteiger partial charge in [-0.1, -0.05) is 30.3 Å². The van der Waals surface area contributed by atoms with Crippen molar-refractivity contribution in [2.24, 2.45) is 0 Å². The molecule has 0 radical (unpaired) electrons. The first-order chi connectivity index (χ1) is 9.79. The van der Waals surface area contributed by atoms with Crippen LogP contribution in [0.1, 0.15) is 5.56 Å². The van der Waals surface area contributed by atoms with Crippen molar-refractivity contribution in [2.45, 2.75) is 13.0 Å². The normalized spacial score (nSPS) is 10.4. The van der Waals surface area contributed by atoms with Crippen LogP contribution in [-0.4, -0.2) is 24.8 Å². The summed E-state index contributed by atoms with van der Waals surface area (Å²) >= 11 is 0. The van der Waals surface area contributed by atoms with Crippen molar-refractivity contribution in [3.63, 3.8) is 0 Å². The number of hydrogen-bond donors (Lipinski definition) is 1. The summed E-state index contributed by atoms with van der Waals surface area (Å²) in [6.07, 6.45) is 2.80. The van der Waals surface area contributed by atoms with E-state index in [0.717, 1.165) is 18.7 Å². The molecule has 4 heteroatoms. The SMILES string of the molecule is COCCn1cc(NCCc2ccccc2)ccc1=O. The van der Waals surface area contributed by atoms with E-state index < -0.39 is 0 Å². The van der Waals surface area contributed by atoms with Crippen molar-refractivity contribution in [1.29, 1.82) is 0 Å². The predicted molar refractivity (Wildman–Crippen MR) is 81.2 cm³/mol. The molecule has 1 aromatic carbocycles. The number of nitrogens with one attached hydrogen (secondary N) is 1. The van der Waals surface area contributed by atoms with Crippen LogP contribution in [0.3, 0.4) is 0 Å². The molecule has 0 spiro atoms. The van der Waals surface area contributed by atoms with Gasteiger partial charge < -0.3 is 14.6 Å². The minimum absolute atomic E-state index is 0.00402. The van der Waals surface area contributed by atoms with Crippen LogP contribution < -0.4 is 10.9 Å². The maximum atomic E-state index is 11.7. The Morgan fingerprint density at radius 3 is 2.70 bits per heavy atom. The van der Waals surface area contributed by atoms with Gasteiger partial charge >= 0.3 is 0 Å². The van der Waals surface area contributed by atoms with Gasteiger partial charge in [0.2, 0.25) is 0 Å². The Morgan fingerprint density at radius 2 is 1.95 bits per heavy atom. The summed E-state index contributed by atoms with van der Waals surface area (Å²) in [6.45, 7) is 1.95. The Balaban J connectivity index is 1.91. The smallest absolute Gasteiger partial charge is 0.250 e. The molecule has 0 bridgehead atoms. The predicted octanol–water partition coefficient (Wildman–Crippen LogP) is 2.15. The second-order valence-electron chi connectivity index (χ2n) is 4.60. The van der Waals surface area contributed by atoms with Gasteiger partial charge in [-0.2, -0.15) is 0 Å². The highest BCUT2D eigenvalue weighted by Gasteiger charge is 1.99. The van der Waals surface area contributed by atoms with Crippen LogP contribution in [0.4, 0.5) is 5.69 Å². The number of rotatable bonds is 7. The molecular weight excluding hydrogens is 252 g/mol. The van der Waals surface area contributed by atoms with E-state index in [9.17, 15) is 4.79 Å². The monoisotopic (exact) mass is 272 g/mol. The van der Waals surface area contributed by atoms with E-state index in [-0.39, 0.29) is 5.56 Å². The zero-order valence-corrected chi connectivity index (χ0v) is 11.7. The van der Waals surface area contributed by atoms with Gasteiger partial charge in [-0.25, -0.2) is 0 Å². The second kappa shape index (κ2) is 7.50. The van der Waals surface area contributed by atoms with Crippen LogP contribution in [0, 0.1) is 0 Å². The van der Waals surface area contributed by atoms with E-state index >= 15 is 0 Å². The number of anilines is 1. The van der Waals surface area contributed by atoms with Crippen LogP contribution in [0.15, 0.2) is 53.5 Å². The number of benzene rings is 1. The topological polar surface area (TPSA) is 43.3 Å². The molecule has 0 aliphatic rings. The minimum atomic E-state index is -0.00402. The van der Waals surface area contributed by atoms with E-state index in [2.05, 4.69) is 17.4 Å². The maximum absolute atomic E-state index is 11.7. The van der Waals surface area contributed by atoms with Crippen molar-refractivity contribution >= 4 is 5.69 Å². The lowest BCUT2D eigenvalue weighted by Crippen LogP contribution is -2.21. The van der Waals surface area contributed by atoms with Crippen molar-refractivity contribution < 1.29 is 4.74 Å². The average Bonchev–Trinajstić information content (AvgIpc) is 2.49. The molecule has 0 aliphatic carbocycles. The van der Waals surface area contributed by atoms with E-state index in [1.54, 1.807) is 17.7 Å². The number of ether oxygens (including phenoxy) is 1. The fraction of sp³-hybridized carbons (Fsp3) is 0.312. The summed E-state index contributed by atoms with van der Waals surface area (Å²) in [5, 5.41) is 3.34. The van der Waals surface area contributed by atoms with Crippen molar-refractivity contribution in [3.8, 4) is 0 Å². The molecule has 1 N–H and O–H groups in total. The lowest BCUT2D eigenvalue weighted by Gasteiger charge is -2.10. The quantitative estimate of drug-likeness (QED) is 0.840. The van der Waals surface area contributed by atoms with Crippen molar-refractivity contribution in [1.82, 2.24) is 4.57 Å². The van der Waals surface area contributed by atoms with Gasteiger partial charge in [0.1, 0.15) is 0 Å². The van der Waals surface area contributed by atoms with Gasteiger partial charge in [-0.15, -0.1) is 0 Å². The van der Waals surface area contributed by atoms with Crippen molar-refractivity contribution in [3.05, 3.63) is 64.6 Å². The Hall–Kier alpha value is -2.07. The van der Waals surface area contributed by atoms with E-state index in [1.165, 1.54) is 5.56 Å². The van der Waals surface area contributed by atoms with Gasteiger partial charge in [-0.3, -0.25) is 4.79 Å². The first kappa shape index (κ1) is 14.3. The van der Waals surface area contributed by atoms with E-state index in [0.29, 0.717) is 13.2 Å². The summed E-state index contributed by atoms with van der Waals surface area (Å²) in [5.41, 5.74) is 2.25. The third-order valence-electron chi connectivity index (χ3n) is 3.11. The number of methoxy groups -OCH3 is 1. The molecule has 0 saturated heterocycles. The third kappa shape index (κ3) is 4.24. The Bertz CT molecular complexity index is 579. The lowest BCUT2D eigenvalue weighted by molar-refractivity contribution is 0.186. The molecule has 0 fully saturated rings. The zero-order chi connectivity index (χ0) is 14.2. The molecule has 106 valence electrons. The highest BCUT2D eigenvalue weighted by atomic mass is 16.5. The highest BCUT2D eigenvalue weighted by Crippen LogP contribution is 2.05. The number of hydrogen-bond acceptors (Lipinski definition) is 3. The average molecular weight is 272 g/mol. The van der Waals surface area contributed by atoms with Crippen molar-refractivity contribution in [2.75, 3.05) is 25.6 Å². The lowest BCUT2D eigenvalue weighted by atomic mass is 10.1.